The van der Waals surface area contributed by atoms with Gasteiger partial charge in [0, 0.05) is 31.0 Å². The standard InChI is InChI=1S/C17H13N3O4/c21-15-6-11(17(22)23)9-20(15)12-3-4-14-13(7-12)19-16(24-14)10-2-1-5-18-8-10/h1-5,7-8,11H,6,9H2,(H,22,23)/t11-/m0/s1. The summed E-state index contributed by atoms with van der Waals surface area (Å²) in [6, 6.07) is 8.85. The highest BCUT2D eigenvalue weighted by atomic mass is 16.4. The van der Waals surface area contributed by atoms with E-state index in [1.165, 1.54) is 4.90 Å². The third-order valence-electron chi connectivity index (χ3n) is 4.07. The SMILES string of the molecule is O=C(O)[C@H]1CC(=O)N(c2ccc3oc(-c4cccnc4)nc3c2)C1. The molecular formula is C17H13N3O4. The Hall–Kier alpha value is -3.22. The van der Waals surface area contributed by atoms with Gasteiger partial charge in [0.2, 0.25) is 11.8 Å². The Balaban J connectivity index is 1.69. The summed E-state index contributed by atoms with van der Waals surface area (Å²) < 4.78 is 5.71. The number of nitrogens with zero attached hydrogens (tertiary/aromatic N) is 3. The lowest BCUT2D eigenvalue weighted by Gasteiger charge is -2.15. The van der Waals surface area contributed by atoms with Gasteiger partial charge in [0.15, 0.2) is 5.58 Å². The summed E-state index contributed by atoms with van der Waals surface area (Å²) in [7, 11) is 0. The van der Waals surface area contributed by atoms with E-state index in [1.54, 1.807) is 36.7 Å². The Morgan fingerprint density at radius 2 is 2.21 bits per heavy atom. The lowest BCUT2D eigenvalue weighted by atomic mass is 10.1. The summed E-state index contributed by atoms with van der Waals surface area (Å²) in [5, 5.41) is 9.08. The van der Waals surface area contributed by atoms with E-state index in [4.69, 9.17) is 9.52 Å². The lowest BCUT2D eigenvalue weighted by Crippen LogP contribution is -2.25. The molecule has 1 N–H and O–H groups in total. The van der Waals surface area contributed by atoms with Crippen LogP contribution in [0, 0.1) is 5.92 Å². The monoisotopic (exact) mass is 323 g/mol. The molecule has 0 saturated carbocycles. The molecule has 120 valence electrons. The first-order chi connectivity index (χ1) is 11.6. The first-order valence-corrected chi connectivity index (χ1v) is 7.46. The average Bonchev–Trinajstić information content (AvgIpc) is 3.18. The smallest absolute Gasteiger partial charge is 0.308 e. The maximum Gasteiger partial charge on any atom is 0.308 e. The molecule has 1 atom stereocenters. The number of carbonyl (C=O) groups is 2. The number of rotatable bonds is 3. The van der Waals surface area contributed by atoms with Crippen molar-refractivity contribution in [2.75, 3.05) is 11.4 Å². The average molecular weight is 323 g/mol. The van der Waals surface area contributed by atoms with Crippen molar-refractivity contribution in [3.05, 3.63) is 42.7 Å². The first kappa shape index (κ1) is 14.4. The maximum absolute atomic E-state index is 12.1. The summed E-state index contributed by atoms with van der Waals surface area (Å²) in [6.07, 6.45) is 3.35. The number of amides is 1. The second-order valence-electron chi connectivity index (χ2n) is 5.66. The Bertz CT molecular complexity index is 935. The van der Waals surface area contributed by atoms with Gasteiger partial charge in [-0.2, -0.15) is 0 Å². The van der Waals surface area contributed by atoms with E-state index in [0.29, 0.717) is 22.7 Å². The van der Waals surface area contributed by atoms with Crippen LogP contribution < -0.4 is 4.90 Å². The Morgan fingerprint density at radius 3 is 2.92 bits per heavy atom. The van der Waals surface area contributed by atoms with Crippen LogP contribution in [-0.2, 0) is 9.59 Å². The molecule has 7 heteroatoms. The molecule has 0 unspecified atom stereocenters. The van der Waals surface area contributed by atoms with E-state index >= 15 is 0 Å². The van der Waals surface area contributed by atoms with E-state index in [9.17, 15) is 9.59 Å². The number of pyridine rings is 1. The summed E-state index contributed by atoms with van der Waals surface area (Å²) in [4.78, 5) is 33.1. The number of anilines is 1. The number of carboxylic acid groups (broad SMARTS) is 1. The number of aliphatic carboxylic acids is 1. The highest BCUT2D eigenvalue weighted by Crippen LogP contribution is 2.30. The maximum atomic E-state index is 12.1. The molecular weight excluding hydrogens is 310 g/mol. The third-order valence-corrected chi connectivity index (χ3v) is 4.07. The molecule has 1 fully saturated rings. The predicted octanol–water partition coefficient (Wildman–Crippen LogP) is 2.33. The summed E-state index contributed by atoms with van der Waals surface area (Å²) >= 11 is 0. The highest BCUT2D eigenvalue weighted by molar-refractivity contribution is 6.00. The minimum Gasteiger partial charge on any atom is -0.481 e. The van der Waals surface area contributed by atoms with Crippen LogP contribution in [-0.4, -0.2) is 33.5 Å². The Morgan fingerprint density at radius 1 is 1.33 bits per heavy atom. The number of aromatic nitrogens is 2. The second kappa shape index (κ2) is 5.45. The molecule has 3 heterocycles. The molecule has 24 heavy (non-hydrogen) atoms. The molecule has 4 rings (SSSR count). The minimum atomic E-state index is -0.952. The Kier molecular flexibility index (Phi) is 3.26. The van der Waals surface area contributed by atoms with E-state index < -0.39 is 11.9 Å². The van der Waals surface area contributed by atoms with Gasteiger partial charge in [-0.3, -0.25) is 14.6 Å². The molecule has 1 aromatic carbocycles. The van der Waals surface area contributed by atoms with E-state index in [-0.39, 0.29) is 18.9 Å². The zero-order valence-corrected chi connectivity index (χ0v) is 12.5. The quantitative estimate of drug-likeness (QED) is 0.794. The van der Waals surface area contributed by atoms with Crippen LogP contribution in [0.1, 0.15) is 6.42 Å². The van der Waals surface area contributed by atoms with Crippen LogP contribution in [0.25, 0.3) is 22.6 Å². The largest absolute Gasteiger partial charge is 0.481 e. The molecule has 1 aliphatic heterocycles. The summed E-state index contributed by atoms with van der Waals surface area (Å²) in [5.41, 5.74) is 2.60. The van der Waals surface area contributed by atoms with Gasteiger partial charge in [-0.25, -0.2) is 4.98 Å². The number of benzene rings is 1. The number of hydrogen-bond donors (Lipinski definition) is 1. The molecule has 0 aliphatic carbocycles. The van der Waals surface area contributed by atoms with Gasteiger partial charge >= 0.3 is 5.97 Å². The van der Waals surface area contributed by atoms with Crippen molar-refractivity contribution < 1.29 is 19.1 Å². The molecule has 1 aliphatic rings. The number of carboxylic acids is 1. The van der Waals surface area contributed by atoms with Gasteiger partial charge in [0.25, 0.3) is 0 Å². The van der Waals surface area contributed by atoms with Gasteiger partial charge in [-0.05, 0) is 30.3 Å². The highest BCUT2D eigenvalue weighted by Gasteiger charge is 2.35. The zero-order valence-electron chi connectivity index (χ0n) is 12.5. The van der Waals surface area contributed by atoms with Crippen LogP contribution in [0.4, 0.5) is 5.69 Å². The molecule has 0 radical (unpaired) electrons. The lowest BCUT2D eigenvalue weighted by molar-refractivity contribution is -0.141. The van der Waals surface area contributed by atoms with Crippen molar-refractivity contribution >= 4 is 28.7 Å². The summed E-state index contributed by atoms with van der Waals surface area (Å²) in [5.74, 6) is -1.37. The number of hydrogen-bond acceptors (Lipinski definition) is 5. The normalized spacial score (nSPS) is 17.6. The Labute approximate surface area is 136 Å². The summed E-state index contributed by atoms with van der Waals surface area (Å²) in [6.45, 7) is 0.174. The molecule has 0 bridgehead atoms. The molecule has 3 aromatic rings. The van der Waals surface area contributed by atoms with Gasteiger partial charge in [0.05, 0.1) is 11.5 Å². The van der Waals surface area contributed by atoms with Crippen molar-refractivity contribution in [1.29, 1.82) is 0 Å². The van der Waals surface area contributed by atoms with Crippen molar-refractivity contribution in [3.63, 3.8) is 0 Å². The van der Waals surface area contributed by atoms with Gasteiger partial charge in [-0.1, -0.05) is 0 Å². The van der Waals surface area contributed by atoms with Gasteiger partial charge in [-0.15, -0.1) is 0 Å². The fourth-order valence-electron chi connectivity index (χ4n) is 2.82. The molecule has 1 saturated heterocycles. The van der Waals surface area contributed by atoms with Crippen molar-refractivity contribution in [1.82, 2.24) is 9.97 Å². The van der Waals surface area contributed by atoms with Crippen molar-refractivity contribution in [2.24, 2.45) is 5.92 Å². The van der Waals surface area contributed by atoms with E-state index in [2.05, 4.69) is 9.97 Å². The van der Waals surface area contributed by atoms with Crippen LogP contribution >= 0.6 is 0 Å². The fraction of sp³-hybridized carbons (Fsp3) is 0.176. The van der Waals surface area contributed by atoms with E-state index in [1.807, 2.05) is 6.07 Å². The van der Waals surface area contributed by atoms with Crippen molar-refractivity contribution in [3.8, 4) is 11.5 Å². The minimum absolute atomic E-state index is 0.0210. The number of fused-ring (bicyclic) bond motifs is 1. The van der Waals surface area contributed by atoms with Gasteiger partial charge in [0.1, 0.15) is 5.52 Å². The third kappa shape index (κ3) is 2.40. The molecule has 0 spiro atoms. The topological polar surface area (TPSA) is 96.5 Å². The van der Waals surface area contributed by atoms with E-state index in [0.717, 1.165) is 5.56 Å². The number of carbonyl (C=O) groups excluding carboxylic acids is 1. The zero-order chi connectivity index (χ0) is 16.7. The van der Waals surface area contributed by atoms with Crippen LogP contribution in [0.15, 0.2) is 47.1 Å². The molecule has 1 amide bonds. The second-order valence-corrected chi connectivity index (χ2v) is 5.66. The van der Waals surface area contributed by atoms with Gasteiger partial charge < -0.3 is 14.4 Å². The van der Waals surface area contributed by atoms with Crippen LogP contribution in [0.2, 0.25) is 0 Å². The van der Waals surface area contributed by atoms with Crippen molar-refractivity contribution in [2.45, 2.75) is 6.42 Å². The van der Waals surface area contributed by atoms with Crippen LogP contribution in [0.3, 0.4) is 0 Å². The predicted molar refractivity (Wildman–Crippen MR) is 85.3 cm³/mol. The molecule has 7 nitrogen and oxygen atoms in total. The first-order valence-electron chi connectivity index (χ1n) is 7.46. The van der Waals surface area contributed by atoms with Crippen LogP contribution in [0.5, 0.6) is 0 Å². The fourth-order valence-corrected chi connectivity index (χ4v) is 2.82. The number of oxazole rings is 1. The molecule has 2 aromatic heterocycles.